The number of carbonyl (C=O) groups is 1. The summed E-state index contributed by atoms with van der Waals surface area (Å²) in [5.41, 5.74) is -0.746. The van der Waals surface area contributed by atoms with Crippen LogP contribution in [0.25, 0.3) is 0 Å². The van der Waals surface area contributed by atoms with Gasteiger partial charge in [0, 0.05) is 13.7 Å². The van der Waals surface area contributed by atoms with Crippen LogP contribution in [0.2, 0.25) is 0 Å². The van der Waals surface area contributed by atoms with Crippen molar-refractivity contribution in [3.63, 3.8) is 0 Å². The standard InChI is InChI=1S/C15H29NO4/c1-4-9-16-15(14(17)18)8-5-6-13(15)7-10-20-12(2)11-19-3/h12-13,16H,4-11H2,1-3H3,(H,17,18). The van der Waals surface area contributed by atoms with Gasteiger partial charge in [-0.05, 0) is 45.1 Å². The lowest BCUT2D eigenvalue weighted by Gasteiger charge is -2.32. The van der Waals surface area contributed by atoms with Crippen LogP contribution in [0.5, 0.6) is 0 Å². The Morgan fingerprint density at radius 3 is 2.90 bits per heavy atom. The van der Waals surface area contributed by atoms with Gasteiger partial charge in [-0.1, -0.05) is 13.3 Å². The third-order valence-corrected chi connectivity index (χ3v) is 4.16. The highest BCUT2D eigenvalue weighted by Crippen LogP contribution is 2.38. The fraction of sp³-hybridized carbons (Fsp3) is 0.933. The first-order valence-electron chi connectivity index (χ1n) is 7.65. The maximum absolute atomic E-state index is 11.7. The lowest BCUT2D eigenvalue weighted by molar-refractivity contribution is -0.147. The number of hydrogen-bond donors (Lipinski definition) is 2. The first-order valence-corrected chi connectivity index (χ1v) is 7.65. The Bertz CT molecular complexity index is 298. The van der Waals surface area contributed by atoms with Gasteiger partial charge in [-0.2, -0.15) is 0 Å². The first-order chi connectivity index (χ1) is 9.56. The number of hydrogen-bond acceptors (Lipinski definition) is 4. The molecule has 5 nitrogen and oxygen atoms in total. The Balaban J connectivity index is 2.51. The van der Waals surface area contributed by atoms with Crippen molar-refractivity contribution in [3.05, 3.63) is 0 Å². The number of carboxylic acid groups (broad SMARTS) is 1. The molecule has 1 rings (SSSR count). The van der Waals surface area contributed by atoms with Gasteiger partial charge in [-0.15, -0.1) is 0 Å². The van der Waals surface area contributed by atoms with Gasteiger partial charge < -0.3 is 19.9 Å². The van der Waals surface area contributed by atoms with E-state index in [1.807, 2.05) is 6.92 Å². The van der Waals surface area contributed by atoms with Crippen molar-refractivity contribution in [2.24, 2.45) is 5.92 Å². The van der Waals surface area contributed by atoms with Crippen LogP contribution in [0.4, 0.5) is 0 Å². The number of carboxylic acids is 1. The fourth-order valence-electron chi connectivity index (χ4n) is 3.10. The molecule has 3 unspecified atom stereocenters. The van der Waals surface area contributed by atoms with Crippen molar-refractivity contribution < 1.29 is 19.4 Å². The summed E-state index contributed by atoms with van der Waals surface area (Å²) >= 11 is 0. The summed E-state index contributed by atoms with van der Waals surface area (Å²) in [5.74, 6) is -0.556. The van der Waals surface area contributed by atoms with Crippen molar-refractivity contribution in [2.45, 2.75) is 57.6 Å². The molecule has 0 aliphatic heterocycles. The topological polar surface area (TPSA) is 67.8 Å². The van der Waals surface area contributed by atoms with E-state index >= 15 is 0 Å². The molecular weight excluding hydrogens is 258 g/mol. The van der Waals surface area contributed by atoms with E-state index in [0.29, 0.717) is 13.2 Å². The minimum atomic E-state index is -0.746. The summed E-state index contributed by atoms with van der Waals surface area (Å²) in [4.78, 5) is 11.7. The lowest BCUT2D eigenvalue weighted by atomic mass is 9.84. The van der Waals surface area contributed by atoms with Crippen LogP contribution in [0.1, 0.15) is 46.0 Å². The largest absolute Gasteiger partial charge is 0.480 e. The molecule has 0 bridgehead atoms. The zero-order valence-corrected chi connectivity index (χ0v) is 13.0. The molecule has 0 aromatic heterocycles. The fourth-order valence-corrected chi connectivity index (χ4v) is 3.10. The Hall–Kier alpha value is -0.650. The maximum atomic E-state index is 11.7. The summed E-state index contributed by atoms with van der Waals surface area (Å²) in [6.45, 7) is 5.95. The zero-order chi connectivity index (χ0) is 15.0. The first kappa shape index (κ1) is 17.4. The van der Waals surface area contributed by atoms with Gasteiger partial charge in [-0.3, -0.25) is 4.79 Å². The highest BCUT2D eigenvalue weighted by atomic mass is 16.5. The van der Waals surface area contributed by atoms with E-state index in [9.17, 15) is 9.90 Å². The van der Waals surface area contributed by atoms with Gasteiger partial charge in [0.15, 0.2) is 0 Å². The van der Waals surface area contributed by atoms with E-state index < -0.39 is 11.5 Å². The Morgan fingerprint density at radius 2 is 2.30 bits per heavy atom. The number of rotatable bonds is 10. The van der Waals surface area contributed by atoms with Crippen LogP contribution in [-0.2, 0) is 14.3 Å². The van der Waals surface area contributed by atoms with Crippen molar-refractivity contribution in [2.75, 3.05) is 26.9 Å². The molecule has 1 aliphatic carbocycles. The van der Waals surface area contributed by atoms with Crippen LogP contribution in [0.15, 0.2) is 0 Å². The molecule has 1 saturated carbocycles. The monoisotopic (exact) mass is 287 g/mol. The van der Waals surface area contributed by atoms with Gasteiger partial charge in [0.25, 0.3) is 0 Å². The van der Waals surface area contributed by atoms with Crippen LogP contribution in [0.3, 0.4) is 0 Å². The molecule has 20 heavy (non-hydrogen) atoms. The summed E-state index contributed by atoms with van der Waals surface area (Å²) < 4.78 is 10.7. The highest BCUT2D eigenvalue weighted by molar-refractivity contribution is 5.79. The minimum Gasteiger partial charge on any atom is -0.480 e. The smallest absolute Gasteiger partial charge is 0.324 e. The molecule has 0 amide bonds. The van der Waals surface area contributed by atoms with Crippen molar-refractivity contribution in [3.8, 4) is 0 Å². The molecule has 5 heteroatoms. The lowest BCUT2D eigenvalue weighted by Crippen LogP contribution is -2.55. The third kappa shape index (κ3) is 4.43. The van der Waals surface area contributed by atoms with Gasteiger partial charge in [0.2, 0.25) is 0 Å². The summed E-state index contributed by atoms with van der Waals surface area (Å²) in [5, 5.41) is 12.9. The molecule has 1 fully saturated rings. The zero-order valence-electron chi connectivity index (χ0n) is 13.0. The third-order valence-electron chi connectivity index (χ3n) is 4.16. The second-order valence-corrected chi connectivity index (χ2v) is 5.72. The maximum Gasteiger partial charge on any atom is 0.324 e. The average molecular weight is 287 g/mol. The SMILES string of the molecule is CCCNC1(C(=O)O)CCCC1CCOC(C)COC. The molecule has 1 aliphatic rings. The molecule has 0 aromatic rings. The quantitative estimate of drug-likeness (QED) is 0.643. The molecule has 0 radical (unpaired) electrons. The molecule has 2 N–H and O–H groups in total. The Kier molecular flexibility index (Phi) is 7.48. The summed E-state index contributed by atoms with van der Waals surface area (Å²) in [6.07, 6.45) is 4.46. The molecule has 118 valence electrons. The van der Waals surface area contributed by atoms with Gasteiger partial charge in [0.1, 0.15) is 5.54 Å². The number of aliphatic carboxylic acids is 1. The molecular formula is C15H29NO4. The molecule has 0 aromatic carbocycles. The van der Waals surface area contributed by atoms with Crippen molar-refractivity contribution >= 4 is 5.97 Å². The van der Waals surface area contributed by atoms with Crippen LogP contribution >= 0.6 is 0 Å². The molecule has 0 spiro atoms. The van der Waals surface area contributed by atoms with Crippen LogP contribution in [0, 0.1) is 5.92 Å². The predicted octanol–water partition coefficient (Wildman–Crippen LogP) is 2.05. The molecule has 0 saturated heterocycles. The Labute approximate surface area is 122 Å². The van der Waals surface area contributed by atoms with Gasteiger partial charge in [0.05, 0.1) is 12.7 Å². The normalized spacial score (nSPS) is 27.6. The number of methoxy groups -OCH3 is 1. The molecule has 0 heterocycles. The van der Waals surface area contributed by atoms with Crippen LogP contribution < -0.4 is 5.32 Å². The summed E-state index contributed by atoms with van der Waals surface area (Å²) in [7, 11) is 1.65. The second kappa shape index (κ2) is 8.60. The second-order valence-electron chi connectivity index (χ2n) is 5.72. The van der Waals surface area contributed by atoms with E-state index in [1.165, 1.54) is 0 Å². The van der Waals surface area contributed by atoms with Crippen molar-refractivity contribution in [1.29, 1.82) is 0 Å². The summed E-state index contributed by atoms with van der Waals surface area (Å²) in [6, 6.07) is 0. The Morgan fingerprint density at radius 1 is 1.55 bits per heavy atom. The van der Waals surface area contributed by atoms with E-state index in [0.717, 1.165) is 38.6 Å². The average Bonchev–Trinajstić information content (AvgIpc) is 2.81. The van der Waals surface area contributed by atoms with Crippen LogP contribution in [-0.4, -0.2) is 49.6 Å². The number of nitrogens with one attached hydrogen (secondary N) is 1. The predicted molar refractivity (Wildman–Crippen MR) is 77.9 cm³/mol. The van der Waals surface area contributed by atoms with Crippen molar-refractivity contribution in [1.82, 2.24) is 5.32 Å². The van der Waals surface area contributed by atoms with E-state index in [1.54, 1.807) is 7.11 Å². The van der Waals surface area contributed by atoms with Gasteiger partial charge >= 0.3 is 5.97 Å². The van der Waals surface area contributed by atoms with E-state index in [-0.39, 0.29) is 12.0 Å². The highest BCUT2D eigenvalue weighted by Gasteiger charge is 2.48. The van der Waals surface area contributed by atoms with E-state index in [4.69, 9.17) is 9.47 Å². The van der Waals surface area contributed by atoms with Gasteiger partial charge in [-0.25, -0.2) is 0 Å². The van der Waals surface area contributed by atoms with E-state index in [2.05, 4.69) is 12.2 Å². The number of ether oxygens (including phenoxy) is 2. The molecule has 3 atom stereocenters. The minimum absolute atomic E-state index is 0.0595.